The molecule has 0 aliphatic carbocycles. The zero-order valence-electron chi connectivity index (χ0n) is 19.2. The minimum Gasteiger partial charge on any atom is -0.508 e. The topological polar surface area (TPSA) is 117 Å². The van der Waals surface area contributed by atoms with Crippen molar-refractivity contribution >= 4 is 17.6 Å². The van der Waals surface area contributed by atoms with Gasteiger partial charge in [-0.05, 0) is 69.3 Å². The Hall–Kier alpha value is -4.04. The van der Waals surface area contributed by atoms with Crippen molar-refractivity contribution in [3.63, 3.8) is 0 Å². The van der Waals surface area contributed by atoms with Gasteiger partial charge in [0.25, 0.3) is 0 Å². The van der Waals surface area contributed by atoms with Crippen molar-refractivity contribution in [3.05, 3.63) is 77.9 Å². The molecule has 0 atom stereocenters. The molecule has 0 saturated heterocycles. The Morgan fingerprint density at radius 2 is 1.18 bits per heavy atom. The predicted octanol–water partition coefficient (Wildman–Crippen LogP) is 4.13. The maximum atomic E-state index is 12.6. The summed E-state index contributed by atoms with van der Waals surface area (Å²) < 4.78 is 11.1. The molecule has 8 heteroatoms. The number of aliphatic hydroxyl groups excluding tert-OH is 1. The SMILES string of the molecule is CC(C)(C)N(CCO)c1cc(OC(=O)c2ccc(O)cc2)cc(OC(=O)c2ccc(O)cc2)c1. The summed E-state index contributed by atoms with van der Waals surface area (Å²) in [7, 11) is 0. The summed E-state index contributed by atoms with van der Waals surface area (Å²) in [4.78, 5) is 27.1. The van der Waals surface area contributed by atoms with Crippen LogP contribution >= 0.6 is 0 Å². The lowest BCUT2D eigenvalue weighted by Crippen LogP contribution is -2.43. The van der Waals surface area contributed by atoms with Crippen LogP contribution in [-0.2, 0) is 0 Å². The lowest BCUT2D eigenvalue weighted by molar-refractivity contribution is 0.0733. The average Bonchev–Trinajstić information content (AvgIpc) is 2.77. The number of carbonyl (C=O) groups excluding carboxylic acids is 2. The molecule has 0 aromatic heterocycles. The van der Waals surface area contributed by atoms with Crippen molar-refractivity contribution in [1.82, 2.24) is 0 Å². The fraction of sp³-hybridized carbons (Fsp3) is 0.231. The monoisotopic (exact) mass is 465 g/mol. The Morgan fingerprint density at radius 1 is 0.765 bits per heavy atom. The van der Waals surface area contributed by atoms with Gasteiger partial charge < -0.3 is 29.7 Å². The normalized spacial score (nSPS) is 11.1. The Bertz CT molecular complexity index is 1070. The van der Waals surface area contributed by atoms with E-state index in [1.807, 2.05) is 25.7 Å². The first kappa shape index (κ1) is 24.6. The van der Waals surface area contributed by atoms with E-state index < -0.39 is 17.5 Å². The summed E-state index contributed by atoms with van der Waals surface area (Å²) in [6, 6.07) is 15.9. The van der Waals surface area contributed by atoms with Crippen LogP contribution in [0.3, 0.4) is 0 Å². The highest BCUT2D eigenvalue weighted by Gasteiger charge is 2.23. The van der Waals surface area contributed by atoms with Gasteiger partial charge in [-0.15, -0.1) is 0 Å². The van der Waals surface area contributed by atoms with Crippen LogP contribution in [0.5, 0.6) is 23.0 Å². The Kier molecular flexibility index (Phi) is 7.43. The van der Waals surface area contributed by atoms with Gasteiger partial charge in [0.1, 0.15) is 23.0 Å². The number of anilines is 1. The van der Waals surface area contributed by atoms with Crippen LogP contribution in [-0.4, -0.2) is 45.9 Å². The summed E-state index contributed by atoms with van der Waals surface area (Å²) in [5.41, 5.74) is 0.634. The minimum atomic E-state index is -0.655. The highest BCUT2D eigenvalue weighted by Crippen LogP contribution is 2.33. The molecule has 0 saturated carbocycles. The summed E-state index contributed by atoms with van der Waals surface area (Å²) in [6.07, 6.45) is 0. The van der Waals surface area contributed by atoms with E-state index in [2.05, 4.69) is 0 Å². The van der Waals surface area contributed by atoms with E-state index in [-0.39, 0.29) is 40.7 Å². The van der Waals surface area contributed by atoms with Crippen LogP contribution in [0.4, 0.5) is 5.69 Å². The molecule has 3 rings (SSSR count). The molecule has 0 radical (unpaired) electrons. The summed E-state index contributed by atoms with van der Waals surface area (Å²) in [5.74, 6) is -0.999. The molecule has 0 unspecified atom stereocenters. The van der Waals surface area contributed by atoms with Gasteiger partial charge in [0.05, 0.1) is 17.7 Å². The highest BCUT2D eigenvalue weighted by molar-refractivity contribution is 5.92. The second-order valence-electron chi connectivity index (χ2n) is 8.58. The third-order valence-electron chi connectivity index (χ3n) is 4.94. The average molecular weight is 466 g/mol. The van der Waals surface area contributed by atoms with Crippen LogP contribution < -0.4 is 14.4 Å². The third-order valence-corrected chi connectivity index (χ3v) is 4.94. The summed E-state index contributed by atoms with van der Waals surface area (Å²) in [6.45, 7) is 6.06. The lowest BCUT2D eigenvalue weighted by Gasteiger charge is -2.37. The van der Waals surface area contributed by atoms with Crippen LogP contribution in [0, 0.1) is 0 Å². The second kappa shape index (κ2) is 10.3. The number of β-amino-alcohol motifs (C(OH)–C–C–N with tert-alkyl or cyclic N) is 1. The van der Waals surface area contributed by atoms with Gasteiger partial charge in [0.15, 0.2) is 0 Å². The molecule has 178 valence electrons. The van der Waals surface area contributed by atoms with Gasteiger partial charge in [-0.2, -0.15) is 0 Å². The number of hydrogen-bond donors (Lipinski definition) is 3. The molecule has 0 amide bonds. The smallest absolute Gasteiger partial charge is 0.343 e. The zero-order valence-corrected chi connectivity index (χ0v) is 19.2. The molecule has 3 N–H and O–H groups in total. The number of phenolic OH excluding ortho intramolecular Hbond substituents is 2. The number of nitrogens with zero attached hydrogens (tertiary/aromatic N) is 1. The number of aliphatic hydroxyl groups is 1. The zero-order chi connectivity index (χ0) is 24.9. The fourth-order valence-electron chi connectivity index (χ4n) is 3.31. The first-order valence-corrected chi connectivity index (χ1v) is 10.6. The number of benzene rings is 3. The summed E-state index contributed by atoms with van der Waals surface area (Å²) >= 11 is 0. The van der Waals surface area contributed by atoms with Crippen molar-refractivity contribution in [2.45, 2.75) is 26.3 Å². The maximum Gasteiger partial charge on any atom is 0.343 e. The predicted molar refractivity (Wildman–Crippen MR) is 127 cm³/mol. The van der Waals surface area contributed by atoms with Crippen molar-refractivity contribution < 1.29 is 34.4 Å². The van der Waals surface area contributed by atoms with Gasteiger partial charge in [0, 0.05) is 36.0 Å². The van der Waals surface area contributed by atoms with Gasteiger partial charge in [-0.25, -0.2) is 9.59 Å². The Morgan fingerprint density at radius 3 is 1.53 bits per heavy atom. The van der Waals surface area contributed by atoms with Crippen molar-refractivity contribution in [2.75, 3.05) is 18.1 Å². The van der Waals surface area contributed by atoms with E-state index in [4.69, 9.17) is 9.47 Å². The minimum absolute atomic E-state index is 0.0202. The maximum absolute atomic E-state index is 12.6. The van der Waals surface area contributed by atoms with E-state index in [9.17, 15) is 24.9 Å². The van der Waals surface area contributed by atoms with E-state index in [1.54, 1.807) is 12.1 Å². The molecule has 8 nitrogen and oxygen atoms in total. The molecule has 3 aromatic carbocycles. The summed E-state index contributed by atoms with van der Waals surface area (Å²) in [5, 5.41) is 28.5. The fourth-order valence-corrected chi connectivity index (χ4v) is 3.31. The molecule has 0 aliphatic rings. The van der Waals surface area contributed by atoms with Crippen molar-refractivity contribution in [3.8, 4) is 23.0 Å². The third kappa shape index (κ3) is 6.26. The molecule has 0 heterocycles. The molecule has 0 fully saturated rings. The Labute approximate surface area is 197 Å². The number of aromatic hydroxyl groups is 2. The van der Waals surface area contributed by atoms with Gasteiger partial charge in [-0.3, -0.25) is 0 Å². The van der Waals surface area contributed by atoms with E-state index >= 15 is 0 Å². The number of esters is 2. The molecule has 34 heavy (non-hydrogen) atoms. The van der Waals surface area contributed by atoms with E-state index in [0.717, 1.165) is 0 Å². The van der Waals surface area contributed by atoms with Gasteiger partial charge >= 0.3 is 11.9 Å². The first-order valence-electron chi connectivity index (χ1n) is 10.6. The molecule has 0 bridgehead atoms. The molecule has 3 aromatic rings. The highest BCUT2D eigenvalue weighted by atomic mass is 16.5. The second-order valence-corrected chi connectivity index (χ2v) is 8.58. The number of carbonyl (C=O) groups is 2. The van der Waals surface area contributed by atoms with Crippen LogP contribution in [0.25, 0.3) is 0 Å². The van der Waals surface area contributed by atoms with Crippen molar-refractivity contribution in [2.24, 2.45) is 0 Å². The molecule has 0 aliphatic heterocycles. The van der Waals surface area contributed by atoms with E-state index in [1.165, 1.54) is 54.6 Å². The quantitative estimate of drug-likeness (QED) is 0.352. The number of ether oxygens (including phenoxy) is 2. The Balaban J connectivity index is 1.96. The molecule has 0 spiro atoms. The van der Waals surface area contributed by atoms with Crippen LogP contribution in [0.2, 0.25) is 0 Å². The standard InChI is InChI=1S/C26H27NO7/c1-26(2,3)27(12-13-28)19-14-22(33-24(31)17-4-8-20(29)9-5-17)16-23(15-19)34-25(32)18-6-10-21(30)11-7-18/h4-11,14-16,28-30H,12-13H2,1-3H3. The molecular formula is C26H27NO7. The largest absolute Gasteiger partial charge is 0.508 e. The first-order chi connectivity index (χ1) is 16.1. The van der Waals surface area contributed by atoms with Crippen LogP contribution in [0.15, 0.2) is 66.7 Å². The number of hydrogen-bond acceptors (Lipinski definition) is 8. The van der Waals surface area contributed by atoms with Gasteiger partial charge in [-0.1, -0.05) is 0 Å². The lowest BCUT2D eigenvalue weighted by atomic mass is 10.0. The number of rotatable bonds is 7. The van der Waals surface area contributed by atoms with E-state index in [0.29, 0.717) is 12.2 Å². The number of phenols is 2. The molecular weight excluding hydrogens is 438 g/mol. The van der Waals surface area contributed by atoms with Crippen LogP contribution in [0.1, 0.15) is 41.5 Å². The van der Waals surface area contributed by atoms with Crippen molar-refractivity contribution in [1.29, 1.82) is 0 Å². The van der Waals surface area contributed by atoms with Gasteiger partial charge in [0.2, 0.25) is 0 Å².